The third-order valence-corrected chi connectivity index (χ3v) is 7.40. The minimum absolute atomic E-state index is 0.0517. The molecule has 0 aliphatic carbocycles. The molecule has 2 aliphatic rings. The van der Waals surface area contributed by atoms with Crippen LogP contribution >= 0.6 is 0 Å². The van der Waals surface area contributed by atoms with Crippen molar-refractivity contribution >= 4 is 11.0 Å². The summed E-state index contributed by atoms with van der Waals surface area (Å²) in [5.74, 6) is -0.605. The molecule has 43 heavy (non-hydrogen) atoms. The van der Waals surface area contributed by atoms with Crippen molar-refractivity contribution in [2.24, 2.45) is 0 Å². The number of ether oxygens (including phenoxy) is 5. The van der Waals surface area contributed by atoms with Gasteiger partial charge in [0, 0.05) is 23.8 Å². The van der Waals surface area contributed by atoms with Crippen molar-refractivity contribution < 1.29 is 69.0 Å². The van der Waals surface area contributed by atoms with Crippen LogP contribution < -0.4 is 14.9 Å². The Hall–Kier alpha value is -3.51. The van der Waals surface area contributed by atoms with E-state index in [1.807, 2.05) is 0 Å². The van der Waals surface area contributed by atoms with Crippen molar-refractivity contribution in [2.75, 3.05) is 13.7 Å². The van der Waals surface area contributed by atoms with E-state index in [2.05, 4.69) is 0 Å². The van der Waals surface area contributed by atoms with Crippen molar-refractivity contribution in [2.45, 2.75) is 68.3 Å². The Balaban J connectivity index is 1.36. The van der Waals surface area contributed by atoms with Gasteiger partial charge < -0.3 is 69.0 Å². The summed E-state index contributed by atoms with van der Waals surface area (Å²) in [5.41, 5.74) is -0.381. The maximum Gasteiger partial charge on any atom is 0.229 e. The van der Waals surface area contributed by atoms with Crippen LogP contribution in [-0.4, -0.2) is 116 Å². The molecule has 2 saturated heterocycles. The van der Waals surface area contributed by atoms with E-state index in [1.54, 1.807) is 6.07 Å². The van der Waals surface area contributed by atoms with E-state index in [1.165, 1.54) is 32.2 Å². The molecular weight excluding hydrogens is 576 g/mol. The maximum atomic E-state index is 12.8. The van der Waals surface area contributed by atoms with Gasteiger partial charge in [-0.2, -0.15) is 0 Å². The molecule has 15 heteroatoms. The summed E-state index contributed by atoms with van der Waals surface area (Å²) in [5, 5.41) is 82.0. The van der Waals surface area contributed by atoms with Gasteiger partial charge in [-0.05, 0) is 25.1 Å². The summed E-state index contributed by atoms with van der Waals surface area (Å²) in [7, 11) is 1.38. The summed E-state index contributed by atoms with van der Waals surface area (Å²) in [6.07, 6.45) is -15.0. The summed E-state index contributed by atoms with van der Waals surface area (Å²) < 4.78 is 32.9. The first-order chi connectivity index (χ1) is 20.4. The number of fused-ring (bicyclic) bond motifs is 1. The first-order valence-corrected chi connectivity index (χ1v) is 13.3. The molecule has 3 heterocycles. The van der Waals surface area contributed by atoms with Gasteiger partial charge in [0.2, 0.25) is 6.29 Å². The van der Waals surface area contributed by atoms with Crippen molar-refractivity contribution in [3.05, 3.63) is 46.6 Å². The molecule has 3 aromatic rings. The molecule has 234 valence electrons. The van der Waals surface area contributed by atoms with Crippen LogP contribution in [0.1, 0.15) is 6.92 Å². The molecule has 8 N–H and O–H groups in total. The summed E-state index contributed by atoms with van der Waals surface area (Å²) in [4.78, 5) is 12.8. The summed E-state index contributed by atoms with van der Waals surface area (Å²) in [6.45, 7) is 0.953. The first kappa shape index (κ1) is 30.9. The lowest BCUT2D eigenvalue weighted by Gasteiger charge is -2.42. The molecule has 10 atom stereocenters. The summed E-state index contributed by atoms with van der Waals surface area (Å²) in [6, 6.07) is 7.78. The van der Waals surface area contributed by atoms with Gasteiger partial charge in [-0.3, -0.25) is 4.79 Å². The number of aliphatic hydroxyl groups is 6. The van der Waals surface area contributed by atoms with Crippen LogP contribution in [0.5, 0.6) is 23.0 Å². The monoisotopic (exact) mass is 608 g/mol. The topological polar surface area (TPSA) is 238 Å². The van der Waals surface area contributed by atoms with E-state index in [0.29, 0.717) is 5.56 Å². The standard InChI is InChI=1S/C28H32O15/c1-10-21(32)23(34)25(36)27(40-10)39-9-19-22(33)24(35)26(37)28(43-19)41-12-6-14(30)20-15(31)8-17(42-18(20)7-12)11-3-4-16(38-2)13(29)5-11/h3-8,10,19,21-30,32-37H,9H2,1-2H3/t10-,19+,21-,22+,23-,24-,25+,26+,27+,28+/m0/s1. The fourth-order valence-corrected chi connectivity index (χ4v) is 4.92. The van der Waals surface area contributed by atoms with Gasteiger partial charge >= 0.3 is 0 Å². The average Bonchev–Trinajstić information content (AvgIpc) is 2.97. The molecule has 2 fully saturated rings. The number of rotatable bonds is 7. The Bertz CT molecular complexity index is 1510. The molecule has 5 rings (SSSR count). The lowest BCUT2D eigenvalue weighted by molar-refractivity contribution is -0.318. The molecular formula is C28H32O15. The Kier molecular flexibility index (Phi) is 8.80. The lowest BCUT2D eigenvalue weighted by atomic mass is 9.98. The van der Waals surface area contributed by atoms with Crippen LogP contribution in [0.15, 0.2) is 45.6 Å². The highest BCUT2D eigenvalue weighted by molar-refractivity contribution is 5.86. The highest BCUT2D eigenvalue weighted by Crippen LogP contribution is 2.35. The number of aromatic hydroxyl groups is 2. The molecule has 0 radical (unpaired) electrons. The second-order valence-corrected chi connectivity index (χ2v) is 10.3. The second kappa shape index (κ2) is 12.2. The Labute approximate surface area is 243 Å². The predicted octanol–water partition coefficient (Wildman–Crippen LogP) is -1.09. The van der Waals surface area contributed by atoms with Crippen LogP contribution in [-0.2, 0) is 14.2 Å². The molecule has 2 aliphatic heterocycles. The molecule has 0 bridgehead atoms. The van der Waals surface area contributed by atoms with Gasteiger partial charge in [-0.1, -0.05) is 0 Å². The zero-order valence-corrected chi connectivity index (χ0v) is 22.9. The van der Waals surface area contributed by atoms with E-state index >= 15 is 0 Å². The summed E-state index contributed by atoms with van der Waals surface area (Å²) >= 11 is 0. The molecule has 1 aromatic heterocycles. The van der Waals surface area contributed by atoms with E-state index in [9.17, 15) is 45.6 Å². The zero-order valence-electron chi connectivity index (χ0n) is 22.9. The molecule has 0 spiro atoms. The molecule has 15 nitrogen and oxygen atoms in total. The SMILES string of the molecule is COc1ccc(-c2cc(=O)c3c(O)cc(O[C@@H]4O[C@H](CO[C@@H]5O[C@@H](C)[C@H](O)[C@H](O)[C@H]5O)[C@@H](O)[C@H](O)[C@H]4O)cc3o2)cc1O. The van der Waals surface area contributed by atoms with Crippen LogP contribution in [0, 0.1) is 0 Å². The number of aliphatic hydroxyl groups excluding tert-OH is 6. The van der Waals surface area contributed by atoms with Crippen LogP contribution in [0.3, 0.4) is 0 Å². The van der Waals surface area contributed by atoms with Crippen molar-refractivity contribution in [1.82, 2.24) is 0 Å². The minimum atomic E-state index is -1.78. The maximum absolute atomic E-state index is 12.8. The Morgan fingerprint density at radius 3 is 2.19 bits per heavy atom. The van der Waals surface area contributed by atoms with Gasteiger partial charge in [0.25, 0.3) is 0 Å². The fourth-order valence-electron chi connectivity index (χ4n) is 4.92. The number of hydrogen-bond donors (Lipinski definition) is 8. The van der Waals surface area contributed by atoms with Crippen molar-refractivity contribution in [1.29, 1.82) is 0 Å². The van der Waals surface area contributed by atoms with Crippen LogP contribution in [0.25, 0.3) is 22.3 Å². The molecule has 0 saturated carbocycles. The van der Waals surface area contributed by atoms with Gasteiger partial charge in [0.15, 0.2) is 23.2 Å². The van der Waals surface area contributed by atoms with E-state index in [-0.39, 0.29) is 34.0 Å². The quantitative estimate of drug-likeness (QED) is 0.159. The smallest absolute Gasteiger partial charge is 0.229 e. The molecule has 0 unspecified atom stereocenters. The molecule has 2 aromatic carbocycles. The molecule has 0 amide bonds. The zero-order chi connectivity index (χ0) is 31.2. The van der Waals surface area contributed by atoms with E-state index < -0.39 is 79.2 Å². The van der Waals surface area contributed by atoms with Crippen LogP contribution in [0.4, 0.5) is 0 Å². The van der Waals surface area contributed by atoms with Crippen molar-refractivity contribution in [3.8, 4) is 34.3 Å². The minimum Gasteiger partial charge on any atom is -0.507 e. The Morgan fingerprint density at radius 1 is 0.791 bits per heavy atom. The highest BCUT2D eigenvalue weighted by Gasteiger charge is 2.47. The van der Waals surface area contributed by atoms with Crippen LogP contribution in [0.2, 0.25) is 0 Å². The highest BCUT2D eigenvalue weighted by atomic mass is 16.7. The number of hydrogen-bond acceptors (Lipinski definition) is 15. The number of phenolic OH excluding ortho intramolecular Hbond substituents is 2. The first-order valence-electron chi connectivity index (χ1n) is 13.3. The van der Waals surface area contributed by atoms with Crippen molar-refractivity contribution in [3.63, 3.8) is 0 Å². The number of methoxy groups -OCH3 is 1. The third-order valence-electron chi connectivity index (χ3n) is 7.40. The van der Waals surface area contributed by atoms with Gasteiger partial charge in [-0.25, -0.2) is 0 Å². The van der Waals surface area contributed by atoms with Gasteiger partial charge in [0.05, 0.1) is 19.8 Å². The van der Waals surface area contributed by atoms with Gasteiger partial charge in [-0.15, -0.1) is 0 Å². The largest absolute Gasteiger partial charge is 0.507 e. The van der Waals surface area contributed by atoms with Gasteiger partial charge in [0.1, 0.15) is 71.0 Å². The normalized spacial score (nSPS) is 32.9. The average molecular weight is 609 g/mol. The van der Waals surface area contributed by atoms with E-state index in [4.69, 9.17) is 28.1 Å². The lowest BCUT2D eigenvalue weighted by Crippen LogP contribution is -2.61. The second-order valence-electron chi connectivity index (χ2n) is 10.3. The van der Waals surface area contributed by atoms with E-state index in [0.717, 1.165) is 12.1 Å². The predicted molar refractivity (Wildman–Crippen MR) is 143 cm³/mol. The Morgan fingerprint density at radius 2 is 1.49 bits per heavy atom. The fraction of sp³-hybridized carbons (Fsp3) is 0.464. The third kappa shape index (κ3) is 5.99. The number of benzene rings is 2. The number of phenols is 2.